The number of benzene rings is 2. The summed E-state index contributed by atoms with van der Waals surface area (Å²) in [4.78, 5) is 21.2. The van der Waals surface area contributed by atoms with Gasteiger partial charge in [-0.25, -0.2) is 4.99 Å². The van der Waals surface area contributed by atoms with Gasteiger partial charge >= 0.3 is 5.97 Å². The molecule has 2 heterocycles. The molecule has 39 heavy (non-hydrogen) atoms. The Hall–Kier alpha value is -2.48. The van der Waals surface area contributed by atoms with E-state index in [0.29, 0.717) is 35.4 Å². The number of aryl methyl sites for hydroxylation is 1. The largest absolute Gasteiger partial charge is 0.494 e. The van der Waals surface area contributed by atoms with Crippen LogP contribution in [0, 0.1) is 0 Å². The average Bonchev–Trinajstić information content (AvgIpc) is 2.95. The van der Waals surface area contributed by atoms with Crippen LogP contribution in [0.25, 0.3) is 0 Å². The summed E-state index contributed by atoms with van der Waals surface area (Å²) >= 11 is 12.6. The van der Waals surface area contributed by atoms with Gasteiger partial charge in [0.15, 0.2) is 5.90 Å². The van der Waals surface area contributed by atoms with Gasteiger partial charge in [0.2, 0.25) is 6.79 Å². The van der Waals surface area contributed by atoms with Crippen LogP contribution < -0.4 is 9.64 Å². The number of aliphatic imine (C=N–C) groups is 1. The summed E-state index contributed by atoms with van der Waals surface area (Å²) in [5, 5.41) is 1.24. The summed E-state index contributed by atoms with van der Waals surface area (Å²) in [5.41, 5.74) is 3.05. The van der Waals surface area contributed by atoms with E-state index in [2.05, 4.69) is 27.8 Å². The minimum absolute atomic E-state index is 0.0846. The smallest absolute Gasteiger partial charge is 0.308 e. The van der Waals surface area contributed by atoms with Crippen LogP contribution in [-0.2, 0) is 20.7 Å². The molecule has 2 aromatic carbocycles. The summed E-state index contributed by atoms with van der Waals surface area (Å²) in [5.74, 6) is 1.19. The molecule has 0 radical (unpaired) electrons. The van der Waals surface area contributed by atoms with Gasteiger partial charge in [0, 0.05) is 45.1 Å². The lowest BCUT2D eigenvalue weighted by molar-refractivity contribution is -0.151. The number of piperazine rings is 1. The zero-order valence-corrected chi connectivity index (χ0v) is 24.3. The predicted molar refractivity (Wildman–Crippen MR) is 158 cm³/mol. The second-order valence-corrected chi connectivity index (χ2v) is 10.8. The maximum Gasteiger partial charge on any atom is 0.308 e. The molecule has 0 aliphatic carbocycles. The summed E-state index contributed by atoms with van der Waals surface area (Å²) in [6.45, 7) is 7.65. The SMILES string of the molecule is CCCCCC(=O)OCOC1=Nc2cc(OCCCCN3CCN(c4cccc(Cl)c4Cl)CC3)ccc2CC1. The fourth-order valence-corrected chi connectivity index (χ4v) is 5.23. The fraction of sp³-hybridized carbons (Fsp3) is 0.533. The number of rotatable bonds is 13. The molecule has 0 amide bonds. The van der Waals surface area contributed by atoms with E-state index in [0.717, 1.165) is 88.4 Å². The van der Waals surface area contributed by atoms with Crippen LogP contribution >= 0.6 is 23.2 Å². The van der Waals surface area contributed by atoms with E-state index in [1.54, 1.807) is 0 Å². The highest BCUT2D eigenvalue weighted by atomic mass is 35.5. The molecule has 1 fully saturated rings. The molecule has 0 bridgehead atoms. The molecule has 2 aliphatic heterocycles. The first-order chi connectivity index (χ1) is 19.0. The van der Waals surface area contributed by atoms with Crippen molar-refractivity contribution in [3.8, 4) is 5.75 Å². The number of nitrogens with zero attached hydrogens (tertiary/aromatic N) is 3. The first-order valence-electron chi connectivity index (χ1n) is 14.1. The molecule has 0 unspecified atom stereocenters. The van der Waals surface area contributed by atoms with Crippen LogP contribution in [0.5, 0.6) is 5.75 Å². The standard InChI is InChI=1S/C30H39Cl2N3O4/c1-2-3-4-10-29(36)39-22-38-28-14-12-23-11-13-24(21-26(23)33-28)37-20-6-5-15-34-16-18-35(19-17-34)27-9-7-8-25(31)30(27)32/h7-9,11,13,21H,2-6,10,12,14-20,22H2,1H3. The Morgan fingerprint density at radius 2 is 1.82 bits per heavy atom. The molecule has 0 aromatic heterocycles. The molecule has 1 saturated heterocycles. The van der Waals surface area contributed by atoms with Crippen molar-refractivity contribution in [2.24, 2.45) is 4.99 Å². The van der Waals surface area contributed by atoms with Crippen LogP contribution in [0.4, 0.5) is 11.4 Å². The van der Waals surface area contributed by atoms with Gasteiger partial charge in [-0.2, -0.15) is 0 Å². The Bertz CT molecular complexity index is 1120. The van der Waals surface area contributed by atoms with Crippen molar-refractivity contribution >= 4 is 46.4 Å². The number of halogens is 2. The number of esters is 1. The highest BCUT2D eigenvalue weighted by Crippen LogP contribution is 2.33. The summed E-state index contributed by atoms with van der Waals surface area (Å²) in [6.07, 6.45) is 6.99. The van der Waals surface area contributed by atoms with Crippen molar-refractivity contribution in [3.63, 3.8) is 0 Å². The second kappa shape index (κ2) is 15.3. The van der Waals surface area contributed by atoms with Gasteiger partial charge in [-0.3, -0.25) is 9.69 Å². The number of unbranched alkanes of at least 4 members (excludes halogenated alkanes) is 3. The van der Waals surface area contributed by atoms with Crippen LogP contribution in [0.3, 0.4) is 0 Å². The van der Waals surface area contributed by atoms with E-state index in [9.17, 15) is 4.79 Å². The highest BCUT2D eigenvalue weighted by Gasteiger charge is 2.19. The lowest BCUT2D eigenvalue weighted by Crippen LogP contribution is -2.46. The van der Waals surface area contributed by atoms with Crippen molar-refractivity contribution in [2.75, 3.05) is 51.0 Å². The van der Waals surface area contributed by atoms with Gasteiger partial charge in [0.25, 0.3) is 0 Å². The van der Waals surface area contributed by atoms with Crippen molar-refractivity contribution in [2.45, 2.75) is 58.3 Å². The summed E-state index contributed by atoms with van der Waals surface area (Å²) in [6, 6.07) is 11.9. The molecule has 2 aromatic rings. The monoisotopic (exact) mass is 575 g/mol. The van der Waals surface area contributed by atoms with E-state index in [1.165, 1.54) is 5.56 Å². The zero-order valence-electron chi connectivity index (χ0n) is 22.8. The number of carbonyl (C=O) groups is 1. The van der Waals surface area contributed by atoms with Gasteiger partial charge in [-0.15, -0.1) is 0 Å². The normalized spacial score (nSPS) is 15.5. The fourth-order valence-electron chi connectivity index (χ4n) is 4.82. The van der Waals surface area contributed by atoms with Gasteiger partial charge in [-0.05, 0) is 56.0 Å². The van der Waals surface area contributed by atoms with Crippen LogP contribution in [0.15, 0.2) is 41.4 Å². The minimum Gasteiger partial charge on any atom is -0.494 e. The predicted octanol–water partition coefficient (Wildman–Crippen LogP) is 7.05. The maximum absolute atomic E-state index is 11.8. The molecule has 0 spiro atoms. The first kappa shape index (κ1) is 29.5. The number of carbonyl (C=O) groups excluding carboxylic acids is 1. The molecule has 7 nitrogen and oxygen atoms in total. The van der Waals surface area contributed by atoms with Crippen molar-refractivity contribution in [3.05, 3.63) is 52.0 Å². The number of hydrogen-bond acceptors (Lipinski definition) is 7. The van der Waals surface area contributed by atoms with Gasteiger partial charge in [0.05, 0.1) is 28.0 Å². The van der Waals surface area contributed by atoms with Crippen LogP contribution in [0.1, 0.15) is 57.4 Å². The third kappa shape index (κ3) is 9.02. The molecule has 0 atom stereocenters. The van der Waals surface area contributed by atoms with Crippen molar-refractivity contribution in [1.82, 2.24) is 4.90 Å². The third-order valence-electron chi connectivity index (χ3n) is 7.12. The van der Waals surface area contributed by atoms with Crippen molar-refractivity contribution < 1.29 is 19.0 Å². The Balaban J connectivity index is 1.13. The molecule has 2 aliphatic rings. The molecular weight excluding hydrogens is 537 g/mol. The average molecular weight is 577 g/mol. The van der Waals surface area contributed by atoms with Gasteiger partial charge < -0.3 is 19.1 Å². The second-order valence-electron chi connectivity index (χ2n) is 9.99. The molecular formula is C30H39Cl2N3O4. The molecule has 0 N–H and O–H groups in total. The molecule has 4 rings (SSSR count). The van der Waals surface area contributed by atoms with Crippen molar-refractivity contribution in [1.29, 1.82) is 0 Å². The number of ether oxygens (including phenoxy) is 3. The zero-order chi connectivity index (χ0) is 27.5. The summed E-state index contributed by atoms with van der Waals surface area (Å²) in [7, 11) is 0. The Morgan fingerprint density at radius 1 is 0.974 bits per heavy atom. The Labute approximate surface area is 242 Å². The maximum atomic E-state index is 11.8. The number of fused-ring (bicyclic) bond motifs is 1. The Morgan fingerprint density at radius 3 is 2.64 bits per heavy atom. The first-order valence-corrected chi connectivity index (χ1v) is 14.8. The van der Waals surface area contributed by atoms with E-state index in [-0.39, 0.29) is 12.8 Å². The lowest BCUT2D eigenvalue weighted by Gasteiger charge is -2.36. The molecule has 0 saturated carbocycles. The topological polar surface area (TPSA) is 63.6 Å². The van der Waals surface area contributed by atoms with E-state index in [4.69, 9.17) is 37.4 Å². The summed E-state index contributed by atoms with van der Waals surface area (Å²) < 4.78 is 16.8. The van der Waals surface area contributed by atoms with Gasteiger partial charge in [-0.1, -0.05) is 55.1 Å². The third-order valence-corrected chi connectivity index (χ3v) is 7.93. The van der Waals surface area contributed by atoms with E-state index >= 15 is 0 Å². The van der Waals surface area contributed by atoms with E-state index < -0.39 is 0 Å². The van der Waals surface area contributed by atoms with Crippen LogP contribution in [-0.4, -0.2) is 62.9 Å². The van der Waals surface area contributed by atoms with E-state index in [1.807, 2.05) is 30.3 Å². The van der Waals surface area contributed by atoms with Crippen LogP contribution in [0.2, 0.25) is 10.0 Å². The highest BCUT2D eigenvalue weighted by molar-refractivity contribution is 6.43. The quantitative estimate of drug-likeness (QED) is 0.145. The van der Waals surface area contributed by atoms with Gasteiger partial charge in [0.1, 0.15) is 5.75 Å². The molecule has 212 valence electrons. The molecule has 9 heteroatoms. The lowest BCUT2D eigenvalue weighted by atomic mass is 10.0. The number of hydrogen-bond donors (Lipinski definition) is 0. The number of anilines is 1. The Kier molecular flexibility index (Phi) is 11.6. The minimum atomic E-state index is -0.222.